The highest BCUT2D eigenvalue weighted by atomic mass is 16.5. The van der Waals surface area contributed by atoms with Gasteiger partial charge in [0.05, 0.1) is 36.6 Å². The third-order valence-electron chi connectivity index (χ3n) is 7.19. The number of carbonyl (C=O) groups excluding carboxylic acids is 1. The Labute approximate surface area is 189 Å². The number of ether oxygens (including phenoxy) is 1. The van der Waals surface area contributed by atoms with Crippen LogP contribution in [0.4, 0.5) is 10.7 Å². The van der Waals surface area contributed by atoms with Crippen LogP contribution in [-0.4, -0.2) is 72.2 Å². The Balaban J connectivity index is 1.63. The van der Waals surface area contributed by atoms with Gasteiger partial charge in [0.15, 0.2) is 0 Å². The predicted molar refractivity (Wildman–Crippen MR) is 121 cm³/mol. The van der Waals surface area contributed by atoms with Gasteiger partial charge in [-0.05, 0) is 45.3 Å². The summed E-state index contributed by atoms with van der Waals surface area (Å²) in [7, 11) is 5.94. The topological polar surface area (TPSA) is 85.6 Å². The van der Waals surface area contributed by atoms with Crippen LogP contribution in [-0.2, 0) is 10.3 Å². The van der Waals surface area contributed by atoms with E-state index in [0.29, 0.717) is 31.2 Å². The van der Waals surface area contributed by atoms with Crippen molar-refractivity contribution in [3.63, 3.8) is 0 Å². The molecular formula is C24H30N6O2. The van der Waals surface area contributed by atoms with Gasteiger partial charge in [0, 0.05) is 19.2 Å². The van der Waals surface area contributed by atoms with Crippen LogP contribution in [0, 0.1) is 11.3 Å². The van der Waals surface area contributed by atoms with Gasteiger partial charge in [-0.25, -0.2) is 14.8 Å². The molecule has 2 aromatic rings. The lowest BCUT2D eigenvalue weighted by atomic mass is 9.68. The second kappa shape index (κ2) is 8.85. The van der Waals surface area contributed by atoms with E-state index in [1.54, 1.807) is 12.0 Å². The van der Waals surface area contributed by atoms with Crippen molar-refractivity contribution in [1.82, 2.24) is 19.8 Å². The van der Waals surface area contributed by atoms with Crippen molar-refractivity contribution in [1.29, 1.82) is 5.26 Å². The summed E-state index contributed by atoms with van der Waals surface area (Å²) in [6, 6.07) is 12.6. The van der Waals surface area contributed by atoms with Crippen LogP contribution >= 0.6 is 0 Å². The van der Waals surface area contributed by atoms with Crippen LogP contribution in [0.15, 0.2) is 42.7 Å². The Hall–Kier alpha value is -3.02. The van der Waals surface area contributed by atoms with Crippen LogP contribution in [0.5, 0.6) is 0 Å². The minimum atomic E-state index is -0.291. The molecule has 0 unspecified atom stereocenters. The smallest absolute Gasteiger partial charge is 0.327 e. The van der Waals surface area contributed by atoms with Crippen LogP contribution in [0.25, 0.3) is 0 Å². The van der Waals surface area contributed by atoms with Crippen LogP contribution in [0.3, 0.4) is 0 Å². The molecule has 0 radical (unpaired) electrons. The summed E-state index contributed by atoms with van der Waals surface area (Å²) in [5.41, 5.74) is 1.35. The number of carbonyl (C=O) groups is 1. The minimum Gasteiger partial charge on any atom is -0.383 e. The summed E-state index contributed by atoms with van der Waals surface area (Å²) in [5, 5.41) is 9.03. The van der Waals surface area contributed by atoms with Gasteiger partial charge in [0.2, 0.25) is 5.95 Å². The molecule has 4 rings (SSSR count). The average molecular weight is 435 g/mol. The first-order valence-electron chi connectivity index (χ1n) is 11.0. The highest BCUT2D eigenvalue weighted by Crippen LogP contribution is 2.49. The molecule has 8 nitrogen and oxygen atoms in total. The lowest BCUT2D eigenvalue weighted by Gasteiger charge is -2.51. The van der Waals surface area contributed by atoms with Gasteiger partial charge in [-0.1, -0.05) is 30.3 Å². The molecule has 0 N–H and O–H groups in total. The molecule has 8 heteroatoms. The Bertz CT molecular complexity index is 978. The van der Waals surface area contributed by atoms with Crippen LogP contribution < -0.4 is 4.90 Å². The molecule has 1 aromatic carbocycles. The highest BCUT2D eigenvalue weighted by Gasteiger charge is 2.55. The summed E-state index contributed by atoms with van der Waals surface area (Å²) in [6.07, 6.45) is 6.58. The normalized spacial score (nSPS) is 25.5. The molecule has 1 aromatic heterocycles. The van der Waals surface area contributed by atoms with E-state index < -0.39 is 0 Å². The van der Waals surface area contributed by atoms with Crippen molar-refractivity contribution in [3.05, 3.63) is 53.9 Å². The molecule has 1 aliphatic carbocycles. The first-order valence-corrected chi connectivity index (χ1v) is 11.0. The molecule has 2 heterocycles. The Morgan fingerprint density at radius 1 is 1.12 bits per heavy atom. The Morgan fingerprint density at radius 3 is 2.34 bits per heavy atom. The number of anilines is 1. The fourth-order valence-electron chi connectivity index (χ4n) is 5.29. The quantitative estimate of drug-likeness (QED) is 0.695. The molecule has 1 spiro atoms. The molecule has 0 atom stereocenters. The van der Waals surface area contributed by atoms with E-state index in [0.717, 1.165) is 25.7 Å². The fraction of sp³-hybridized carbons (Fsp3) is 0.500. The standard InChI is InChI=1S/C24H30N6O2/c1-28(2)24(20-7-5-4-6-8-20)11-9-23(10-12-24)18-29(22(31)30(23)13-14-32-3)21-26-16-19(15-25)17-27-21/h4-8,16-17H,9-14,18H2,1-3H3/t23-,24+. The maximum Gasteiger partial charge on any atom is 0.327 e. The fourth-order valence-corrected chi connectivity index (χ4v) is 5.29. The van der Waals surface area contributed by atoms with Crippen molar-refractivity contribution in [2.45, 2.75) is 36.8 Å². The van der Waals surface area contributed by atoms with Gasteiger partial charge in [-0.2, -0.15) is 5.26 Å². The number of nitriles is 1. The number of hydrogen-bond donors (Lipinski definition) is 0. The minimum absolute atomic E-state index is 0.0547. The zero-order chi connectivity index (χ0) is 22.8. The van der Waals surface area contributed by atoms with E-state index in [-0.39, 0.29) is 17.1 Å². The number of urea groups is 1. The molecular weight excluding hydrogens is 404 g/mol. The first-order chi connectivity index (χ1) is 15.5. The summed E-state index contributed by atoms with van der Waals surface area (Å²) in [4.78, 5) is 28.0. The van der Waals surface area contributed by atoms with E-state index in [2.05, 4.69) is 59.3 Å². The first kappa shape index (κ1) is 22.2. The van der Waals surface area contributed by atoms with Gasteiger partial charge in [-0.3, -0.25) is 9.80 Å². The van der Waals surface area contributed by atoms with Crippen LogP contribution in [0.2, 0.25) is 0 Å². The number of aromatic nitrogens is 2. The number of methoxy groups -OCH3 is 1. The summed E-state index contributed by atoms with van der Waals surface area (Å²) in [6.45, 7) is 1.55. The van der Waals surface area contributed by atoms with E-state index >= 15 is 0 Å². The maximum atomic E-state index is 13.4. The molecule has 2 aliphatic rings. The summed E-state index contributed by atoms with van der Waals surface area (Å²) < 4.78 is 5.32. The largest absolute Gasteiger partial charge is 0.383 e. The van der Waals surface area contributed by atoms with Crippen molar-refractivity contribution in [2.24, 2.45) is 0 Å². The van der Waals surface area contributed by atoms with E-state index in [1.165, 1.54) is 18.0 Å². The SMILES string of the molecule is COCCN1C(=O)N(c2ncc(C#N)cn2)C[C@]12CC[C@](c1ccccc1)(N(C)C)CC2. The zero-order valence-electron chi connectivity index (χ0n) is 19.0. The van der Waals surface area contributed by atoms with Crippen molar-refractivity contribution < 1.29 is 9.53 Å². The lowest BCUT2D eigenvalue weighted by molar-refractivity contribution is 0.0189. The molecule has 168 valence electrons. The third kappa shape index (κ3) is 3.72. The van der Waals surface area contributed by atoms with Crippen molar-refractivity contribution in [3.8, 4) is 6.07 Å². The number of hydrogen-bond acceptors (Lipinski definition) is 6. The van der Waals surface area contributed by atoms with E-state index in [9.17, 15) is 4.79 Å². The number of nitrogens with zero attached hydrogens (tertiary/aromatic N) is 6. The summed E-state index contributed by atoms with van der Waals surface area (Å²) in [5.74, 6) is 0.348. The highest BCUT2D eigenvalue weighted by molar-refractivity contribution is 5.93. The maximum absolute atomic E-state index is 13.4. The van der Waals surface area contributed by atoms with Gasteiger partial charge < -0.3 is 9.64 Å². The van der Waals surface area contributed by atoms with Gasteiger partial charge >= 0.3 is 6.03 Å². The predicted octanol–water partition coefficient (Wildman–Crippen LogP) is 3.01. The van der Waals surface area contributed by atoms with E-state index in [4.69, 9.17) is 10.00 Å². The molecule has 2 fully saturated rings. The molecule has 32 heavy (non-hydrogen) atoms. The van der Waals surface area contributed by atoms with Crippen molar-refractivity contribution >= 4 is 12.0 Å². The van der Waals surface area contributed by atoms with Gasteiger partial charge in [0.1, 0.15) is 6.07 Å². The van der Waals surface area contributed by atoms with Crippen molar-refractivity contribution in [2.75, 3.05) is 45.8 Å². The summed E-state index contributed by atoms with van der Waals surface area (Å²) >= 11 is 0. The second-order valence-corrected chi connectivity index (χ2v) is 8.91. The Morgan fingerprint density at radius 2 is 1.78 bits per heavy atom. The number of benzene rings is 1. The number of amides is 2. The molecule has 1 saturated carbocycles. The van der Waals surface area contributed by atoms with E-state index in [1.807, 2.05) is 11.0 Å². The average Bonchev–Trinajstić information content (AvgIpc) is 3.09. The zero-order valence-corrected chi connectivity index (χ0v) is 19.0. The molecule has 1 aliphatic heterocycles. The van der Waals surface area contributed by atoms with Gasteiger partial charge in [0.25, 0.3) is 0 Å². The van der Waals surface area contributed by atoms with Crippen LogP contribution in [0.1, 0.15) is 36.8 Å². The third-order valence-corrected chi connectivity index (χ3v) is 7.19. The lowest BCUT2D eigenvalue weighted by Crippen LogP contribution is -2.56. The molecule has 2 amide bonds. The second-order valence-electron chi connectivity index (χ2n) is 8.91. The number of rotatable bonds is 6. The molecule has 1 saturated heterocycles. The Kier molecular flexibility index (Phi) is 6.13. The van der Waals surface area contributed by atoms with Gasteiger partial charge in [-0.15, -0.1) is 0 Å². The monoisotopic (exact) mass is 434 g/mol. The molecule has 0 bridgehead atoms.